The summed E-state index contributed by atoms with van der Waals surface area (Å²) in [6, 6.07) is 4.54. The van der Waals surface area contributed by atoms with Gasteiger partial charge in [-0.2, -0.15) is 0 Å². The second-order valence-corrected chi connectivity index (χ2v) is 5.98. The molecule has 1 aliphatic heterocycles. The Labute approximate surface area is 109 Å². The Kier molecular flexibility index (Phi) is 2.33. The number of thiophene rings is 1. The molecule has 2 aromatic heterocycles. The maximum absolute atomic E-state index is 6.21. The van der Waals surface area contributed by atoms with Gasteiger partial charge in [-0.1, -0.05) is 0 Å². The largest absolute Gasteiger partial charge is 0.376 e. The zero-order valence-corrected chi connectivity index (χ0v) is 10.7. The molecule has 1 saturated heterocycles. The van der Waals surface area contributed by atoms with Gasteiger partial charge in [0.05, 0.1) is 12.1 Å². The number of ether oxygens (including phenoxy) is 1. The van der Waals surface area contributed by atoms with Crippen molar-refractivity contribution in [2.75, 3.05) is 11.9 Å². The van der Waals surface area contributed by atoms with E-state index in [-0.39, 0.29) is 18.2 Å². The monoisotopic (exact) mass is 261 g/mol. The summed E-state index contributed by atoms with van der Waals surface area (Å²) in [4.78, 5) is 4.43. The van der Waals surface area contributed by atoms with Gasteiger partial charge in [0.1, 0.15) is 5.82 Å². The van der Waals surface area contributed by atoms with Gasteiger partial charge < -0.3 is 15.8 Å². The standard InChI is InChI=1S/C13H15N3OS/c14-10-8-2-5-17-12(8)11(10)16-13-7-3-6-18-9(7)1-4-15-13/h1,3-4,6,8,10-12H,2,5,14H2,(H,15,16). The summed E-state index contributed by atoms with van der Waals surface area (Å²) in [5.41, 5.74) is 6.21. The first-order chi connectivity index (χ1) is 8.84. The van der Waals surface area contributed by atoms with E-state index in [1.165, 1.54) is 10.1 Å². The lowest BCUT2D eigenvalue weighted by molar-refractivity contribution is 0.00529. The summed E-state index contributed by atoms with van der Waals surface area (Å²) >= 11 is 1.73. The summed E-state index contributed by atoms with van der Waals surface area (Å²) in [5, 5.41) is 6.74. The van der Waals surface area contributed by atoms with Gasteiger partial charge in [-0.05, 0) is 23.9 Å². The molecule has 1 aliphatic carbocycles. The van der Waals surface area contributed by atoms with E-state index in [4.69, 9.17) is 10.5 Å². The molecule has 94 valence electrons. The zero-order valence-electron chi connectivity index (χ0n) is 9.87. The van der Waals surface area contributed by atoms with E-state index >= 15 is 0 Å². The molecule has 5 heteroatoms. The van der Waals surface area contributed by atoms with Crippen molar-refractivity contribution in [3.8, 4) is 0 Å². The van der Waals surface area contributed by atoms with Crippen LogP contribution in [0.3, 0.4) is 0 Å². The average molecular weight is 261 g/mol. The zero-order chi connectivity index (χ0) is 12.1. The molecule has 2 aromatic rings. The number of rotatable bonds is 2. The maximum Gasteiger partial charge on any atom is 0.135 e. The topological polar surface area (TPSA) is 60.2 Å². The van der Waals surface area contributed by atoms with Gasteiger partial charge in [-0.25, -0.2) is 4.98 Å². The highest BCUT2D eigenvalue weighted by molar-refractivity contribution is 7.17. The number of aromatic nitrogens is 1. The molecule has 2 aliphatic rings. The van der Waals surface area contributed by atoms with Crippen LogP contribution in [0.15, 0.2) is 23.7 Å². The van der Waals surface area contributed by atoms with E-state index < -0.39 is 0 Å². The fourth-order valence-electron chi connectivity index (χ4n) is 3.10. The SMILES string of the molecule is NC1C2CCOC2C1Nc1nccc2sccc12. The van der Waals surface area contributed by atoms with E-state index in [1.54, 1.807) is 11.3 Å². The summed E-state index contributed by atoms with van der Waals surface area (Å²) < 4.78 is 6.99. The van der Waals surface area contributed by atoms with Gasteiger partial charge in [0.2, 0.25) is 0 Å². The Morgan fingerprint density at radius 2 is 2.39 bits per heavy atom. The Bertz CT molecular complexity index is 584. The normalized spacial score (nSPS) is 34.3. The average Bonchev–Trinajstić information content (AvgIpc) is 3.02. The van der Waals surface area contributed by atoms with Crippen molar-refractivity contribution in [3.63, 3.8) is 0 Å². The molecule has 0 aromatic carbocycles. The molecule has 3 N–H and O–H groups in total. The molecule has 4 rings (SSSR count). The molecule has 0 radical (unpaired) electrons. The molecule has 3 heterocycles. The molecule has 2 fully saturated rings. The number of hydrogen-bond acceptors (Lipinski definition) is 5. The van der Waals surface area contributed by atoms with Gasteiger partial charge >= 0.3 is 0 Å². The van der Waals surface area contributed by atoms with Gasteiger partial charge in [0.15, 0.2) is 0 Å². The predicted octanol–water partition coefficient (Wildman–Crippen LogP) is 1.82. The smallest absolute Gasteiger partial charge is 0.135 e. The molecular formula is C13H15N3OS. The van der Waals surface area contributed by atoms with Crippen LogP contribution < -0.4 is 11.1 Å². The molecule has 4 unspecified atom stereocenters. The number of nitrogens with two attached hydrogens (primary N) is 1. The number of pyridine rings is 1. The van der Waals surface area contributed by atoms with Crippen molar-refractivity contribution in [1.82, 2.24) is 4.98 Å². The van der Waals surface area contributed by atoms with E-state index in [2.05, 4.69) is 21.7 Å². The van der Waals surface area contributed by atoms with Crippen LogP contribution in [-0.2, 0) is 4.74 Å². The Balaban J connectivity index is 1.63. The molecule has 4 nitrogen and oxygen atoms in total. The summed E-state index contributed by atoms with van der Waals surface area (Å²) in [5.74, 6) is 1.47. The third-order valence-corrected chi connectivity index (χ3v) is 5.01. The number of nitrogens with zero attached hydrogens (tertiary/aromatic N) is 1. The lowest BCUT2D eigenvalue weighted by Gasteiger charge is -2.45. The van der Waals surface area contributed by atoms with Crippen LogP contribution in [0.25, 0.3) is 10.1 Å². The highest BCUT2D eigenvalue weighted by Crippen LogP contribution is 2.40. The molecule has 4 atom stereocenters. The van der Waals surface area contributed by atoms with Crippen LogP contribution >= 0.6 is 11.3 Å². The number of anilines is 1. The van der Waals surface area contributed by atoms with Crippen LogP contribution in [0.5, 0.6) is 0 Å². The summed E-state index contributed by atoms with van der Waals surface area (Å²) in [6.45, 7) is 0.845. The molecule has 1 saturated carbocycles. The molecular weight excluding hydrogens is 246 g/mol. The van der Waals surface area contributed by atoms with E-state index in [1.807, 2.05) is 12.3 Å². The highest BCUT2D eigenvalue weighted by atomic mass is 32.1. The van der Waals surface area contributed by atoms with E-state index in [0.717, 1.165) is 18.8 Å². The third kappa shape index (κ3) is 1.41. The minimum atomic E-state index is 0.188. The van der Waals surface area contributed by atoms with Crippen molar-refractivity contribution in [2.24, 2.45) is 11.7 Å². The van der Waals surface area contributed by atoms with Crippen LogP contribution in [-0.4, -0.2) is 29.8 Å². The van der Waals surface area contributed by atoms with Crippen LogP contribution in [0.4, 0.5) is 5.82 Å². The van der Waals surface area contributed by atoms with Crippen molar-refractivity contribution >= 4 is 27.2 Å². The minimum absolute atomic E-state index is 0.188. The summed E-state index contributed by atoms with van der Waals surface area (Å²) in [6.07, 6.45) is 3.22. The first-order valence-electron chi connectivity index (χ1n) is 6.30. The van der Waals surface area contributed by atoms with Crippen LogP contribution in [0, 0.1) is 5.92 Å². The third-order valence-electron chi connectivity index (χ3n) is 4.13. The number of hydrogen-bond donors (Lipinski definition) is 2. The fraction of sp³-hybridized carbons (Fsp3) is 0.462. The second kappa shape index (κ2) is 3.91. The quantitative estimate of drug-likeness (QED) is 0.865. The van der Waals surface area contributed by atoms with Crippen LogP contribution in [0.1, 0.15) is 6.42 Å². The molecule has 0 amide bonds. The Hall–Kier alpha value is -1.17. The number of nitrogens with one attached hydrogen (secondary N) is 1. The first kappa shape index (κ1) is 10.7. The van der Waals surface area contributed by atoms with Gasteiger partial charge in [0, 0.05) is 34.8 Å². The number of fused-ring (bicyclic) bond motifs is 2. The fourth-order valence-corrected chi connectivity index (χ4v) is 3.88. The molecule has 0 bridgehead atoms. The summed E-state index contributed by atoms with van der Waals surface area (Å²) in [7, 11) is 0. The lowest BCUT2D eigenvalue weighted by atomic mass is 9.72. The van der Waals surface area contributed by atoms with Crippen molar-refractivity contribution in [2.45, 2.75) is 24.6 Å². The van der Waals surface area contributed by atoms with E-state index in [0.29, 0.717) is 5.92 Å². The Morgan fingerprint density at radius 3 is 3.33 bits per heavy atom. The minimum Gasteiger partial charge on any atom is -0.376 e. The van der Waals surface area contributed by atoms with Crippen molar-refractivity contribution < 1.29 is 4.74 Å². The highest BCUT2D eigenvalue weighted by Gasteiger charge is 2.52. The second-order valence-electron chi connectivity index (χ2n) is 5.03. The lowest BCUT2D eigenvalue weighted by Crippen LogP contribution is -2.65. The van der Waals surface area contributed by atoms with Crippen LogP contribution in [0.2, 0.25) is 0 Å². The predicted molar refractivity (Wildman–Crippen MR) is 72.9 cm³/mol. The van der Waals surface area contributed by atoms with Gasteiger partial charge in [-0.15, -0.1) is 11.3 Å². The van der Waals surface area contributed by atoms with Crippen molar-refractivity contribution in [3.05, 3.63) is 23.7 Å². The Morgan fingerprint density at radius 1 is 1.44 bits per heavy atom. The maximum atomic E-state index is 6.21. The van der Waals surface area contributed by atoms with Gasteiger partial charge in [0.25, 0.3) is 0 Å². The van der Waals surface area contributed by atoms with E-state index in [9.17, 15) is 0 Å². The first-order valence-corrected chi connectivity index (χ1v) is 7.18. The van der Waals surface area contributed by atoms with Gasteiger partial charge in [-0.3, -0.25) is 0 Å². The molecule has 0 spiro atoms. The molecule has 18 heavy (non-hydrogen) atoms. The van der Waals surface area contributed by atoms with Crippen molar-refractivity contribution in [1.29, 1.82) is 0 Å².